The van der Waals surface area contributed by atoms with Gasteiger partial charge in [-0.2, -0.15) is 0 Å². The first kappa shape index (κ1) is 28.3. The maximum absolute atomic E-state index is 13.2. The quantitative estimate of drug-likeness (QED) is 0.0896. The minimum absolute atomic E-state index is 0.00487. The number of hydrogen-bond acceptors (Lipinski definition) is 8. The smallest absolute Gasteiger partial charge is 0.425 e. The minimum atomic E-state index is -0.787. The van der Waals surface area contributed by atoms with E-state index >= 15 is 0 Å². The summed E-state index contributed by atoms with van der Waals surface area (Å²) in [5, 5.41) is 23.8. The molecule has 1 aromatic carbocycles. The van der Waals surface area contributed by atoms with Crippen LogP contribution in [0.4, 0.5) is 15.3 Å². The van der Waals surface area contributed by atoms with Crippen molar-refractivity contribution >= 4 is 23.7 Å². The van der Waals surface area contributed by atoms with Crippen molar-refractivity contribution in [3.8, 4) is 0 Å². The maximum atomic E-state index is 13.2. The molecule has 2 rings (SSSR count). The summed E-state index contributed by atoms with van der Waals surface area (Å²) in [5.41, 5.74) is 6.74. The van der Waals surface area contributed by atoms with E-state index in [-0.39, 0.29) is 31.6 Å². The third kappa shape index (κ3) is 8.06. The molecule has 196 valence electrons. The number of anilines is 1. The SMILES string of the molecule is C=CCOC(=O)N(N)[C@@H](c1cn([C@@H](CCCNC(N)=O)C(=O)Nc2ccc(CO)cc2)nn1)C(C)C. The number of hydrazine groups is 1. The molecule has 0 spiro atoms. The van der Waals surface area contributed by atoms with Gasteiger partial charge >= 0.3 is 12.1 Å². The fourth-order valence-electron chi connectivity index (χ4n) is 3.51. The molecule has 1 aromatic heterocycles. The van der Waals surface area contributed by atoms with E-state index < -0.39 is 24.2 Å². The fourth-order valence-corrected chi connectivity index (χ4v) is 3.51. The number of urea groups is 1. The first-order valence-corrected chi connectivity index (χ1v) is 11.4. The summed E-state index contributed by atoms with van der Waals surface area (Å²) in [7, 11) is 0. The van der Waals surface area contributed by atoms with Gasteiger partial charge in [-0.3, -0.25) is 4.79 Å². The van der Waals surface area contributed by atoms with Crippen molar-refractivity contribution < 1.29 is 24.2 Å². The molecule has 1 heterocycles. The number of amides is 4. The number of hydrogen-bond donors (Lipinski definition) is 5. The van der Waals surface area contributed by atoms with E-state index in [4.69, 9.17) is 16.3 Å². The largest absolute Gasteiger partial charge is 0.444 e. The van der Waals surface area contributed by atoms with Crippen molar-refractivity contribution in [2.45, 2.75) is 45.4 Å². The van der Waals surface area contributed by atoms with E-state index in [1.54, 1.807) is 30.5 Å². The van der Waals surface area contributed by atoms with Crippen LogP contribution in [0.3, 0.4) is 0 Å². The third-order valence-electron chi connectivity index (χ3n) is 5.28. The molecule has 2 atom stereocenters. The molecule has 0 saturated heterocycles. The van der Waals surface area contributed by atoms with Gasteiger partial charge < -0.3 is 26.2 Å². The molecule has 0 bridgehead atoms. The number of aromatic nitrogens is 3. The molecule has 2 aromatic rings. The second-order valence-corrected chi connectivity index (χ2v) is 8.38. The first-order valence-electron chi connectivity index (χ1n) is 11.4. The lowest BCUT2D eigenvalue weighted by molar-refractivity contribution is -0.119. The highest BCUT2D eigenvalue weighted by atomic mass is 16.6. The third-order valence-corrected chi connectivity index (χ3v) is 5.28. The predicted octanol–water partition coefficient (Wildman–Crippen LogP) is 1.59. The lowest BCUT2D eigenvalue weighted by atomic mass is 10.0. The average Bonchev–Trinajstić information content (AvgIpc) is 3.31. The Kier molecular flexibility index (Phi) is 10.8. The van der Waals surface area contributed by atoms with Crippen LogP contribution in [0.2, 0.25) is 0 Å². The molecule has 0 aliphatic carbocycles. The Hall–Kier alpha value is -3.97. The number of carbonyl (C=O) groups excluding carboxylic acids is 3. The molecular formula is C23H34N8O5. The Balaban J connectivity index is 2.26. The molecule has 4 amide bonds. The predicted molar refractivity (Wildman–Crippen MR) is 132 cm³/mol. The number of benzene rings is 1. The number of nitrogens with two attached hydrogens (primary N) is 2. The second-order valence-electron chi connectivity index (χ2n) is 8.38. The highest BCUT2D eigenvalue weighted by Gasteiger charge is 2.31. The van der Waals surface area contributed by atoms with Crippen molar-refractivity contribution in [3.05, 3.63) is 54.4 Å². The molecule has 13 heteroatoms. The Morgan fingerprint density at radius 1 is 1.28 bits per heavy atom. The van der Waals surface area contributed by atoms with Crippen molar-refractivity contribution in [2.24, 2.45) is 17.5 Å². The number of aliphatic hydroxyl groups is 1. The van der Waals surface area contributed by atoms with Crippen LogP contribution < -0.4 is 22.2 Å². The highest BCUT2D eigenvalue weighted by Crippen LogP contribution is 2.27. The van der Waals surface area contributed by atoms with Crippen LogP contribution in [0.15, 0.2) is 43.1 Å². The maximum Gasteiger partial charge on any atom is 0.425 e. The summed E-state index contributed by atoms with van der Waals surface area (Å²) >= 11 is 0. The summed E-state index contributed by atoms with van der Waals surface area (Å²) in [6.07, 6.45) is 2.99. The van der Waals surface area contributed by atoms with Gasteiger partial charge in [0.1, 0.15) is 18.3 Å². The fraction of sp³-hybridized carbons (Fsp3) is 0.435. The van der Waals surface area contributed by atoms with Gasteiger partial charge in [-0.25, -0.2) is 25.1 Å². The zero-order chi connectivity index (χ0) is 26.7. The van der Waals surface area contributed by atoms with Gasteiger partial charge in [0.2, 0.25) is 5.91 Å². The summed E-state index contributed by atoms with van der Waals surface area (Å²) in [4.78, 5) is 36.5. The number of aliphatic hydroxyl groups excluding tert-OH is 1. The Morgan fingerprint density at radius 2 is 1.97 bits per heavy atom. The highest BCUT2D eigenvalue weighted by molar-refractivity contribution is 5.93. The summed E-state index contributed by atoms with van der Waals surface area (Å²) < 4.78 is 6.43. The zero-order valence-electron chi connectivity index (χ0n) is 20.5. The number of ether oxygens (including phenoxy) is 1. The van der Waals surface area contributed by atoms with Gasteiger partial charge in [-0.05, 0) is 36.5 Å². The second kappa shape index (κ2) is 13.8. The molecule has 36 heavy (non-hydrogen) atoms. The van der Waals surface area contributed by atoms with E-state index in [9.17, 15) is 19.5 Å². The lowest BCUT2D eigenvalue weighted by Gasteiger charge is -2.27. The van der Waals surface area contributed by atoms with Gasteiger partial charge in [-0.1, -0.05) is 43.8 Å². The average molecular weight is 503 g/mol. The molecule has 0 unspecified atom stereocenters. The number of carbonyl (C=O) groups is 3. The van der Waals surface area contributed by atoms with E-state index in [1.807, 2.05) is 13.8 Å². The standard InChI is InChI=1S/C23H34N8O5/c1-4-12-36-23(35)31(25)20(15(2)3)18-13-30(29-28-18)19(6-5-11-26-22(24)34)21(33)27-17-9-7-16(14-32)8-10-17/h4,7-10,13,15,19-20,32H,1,5-6,11-12,14,25H2,2-3H3,(H,27,33)(H3,24,26,34)/t19-,20+/m0/s1. The van der Waals surface area contributed by atoms with Crippen molar-refractivity contribution in [3.63, 3.8) is 0 Å². The topological polar surface area (TPSA) is 191 Å². The van der Waals surface area contributed by atoms with Crippen LogP contribution in [-0.2, 0) is 16.1 Å². The van der Waals surface area contributed by atoms with Crippen LogP contribution in [0, 0.1) is 5.92 Å². The van der Waals surface area contributed by atoms with Gasteiger partial charge in [0.05, 0.1) is 18.8 Å². The monoisotopic (exact) mass is 502 g/mol. The van der Waals surface area contributed by atoms with E-state index in [1.165, 1.54) is 10.8 Å². The van der Waals surface area contributed by atoms with Crippen LogP contribution in [0.5, 0.6) is 0 Å². The summed E-state index contributed by atoms with van der Waals surface area (Å²) in [6, 6.07) is 4.64. The Bertz CT molecular complexity index is 1020. The lowest BCUT2D eigenvalue weighted by Crippen LogP contribution is -2.43. The molecule has 0 aliphatic rings. The first-order chi connectivity index (χ1) is 17.2. The normalized spacial score (nSPS) is 12.5. The molecule has 13 nitrogen and oxygen atoms in total. The summed E-state index contributed by atoms with van der Waals surface area (Å²) in [5.74, 6) is 5.52. The Labute approximate surface area is 209 Å². The number of rotatable bonds is 13. The molecule has 7 N–H and O–H groups in total. The van der Waals surface area contributed by atoms with E-state index in [2.05, 4.69) is 27.5 Å². The molecule has 0 radical (unpaired) electrons. The zero-order valence-corrected chi connectivity index (χ0v) is 20.5. The molecule has 0 fully saturated rings. The van der Waals surface area contributed by atoms with Crippen molar-refractivity contribution in [1.82, 2.24) is 25.3 Å². The number of primary amides is 1. The van der Waals surface area contributed by atoms with Gasteiger partial charge in [0.15, 0.2) is 0 Å². The van der Waals surface area contributed by atoms with E-state index in [0.29, 0.717) is 29.8 Å². The van der Waals surface area contributed by atoms with Gasteiger partial charge in [-0.15, -0.1) is 5.10 Å². The number of nitrogens with zero attached hydrogens (tertiary/aromatic N) is 4. The van der Waals surface area contributed by atoms with E-state index in [0.717, 1.165) is 5.01 Å². The Morgan fingerprint density at radius 3 is 2.56 bits per heavy atom. The van der Waals surface area contributed by atoms with Crippen LogP contribution >= 0.6 is 0 Å². The molecule has 0 aliphatic heterocycles. The minimum Gasteiger partial charge on any atom is -0.444 e. The van der Waals surface area contributed by atoms with Crippen LogP contribution in [-0.4, -0.2) is 56.3 Å². The van der Waals surface area contributed by atoms with Crippen molar-refractivity contribution in [1.29, 1.82) is 0 Å². The van der Waals surface area contributed by atoms with Crippen LogP contribution in [0.1, 0.15) is 50.0 Å². The van der Waals surface area contributed by atoms with Crippen LogP contribution in [0.25, 0.3) is 0 Å². The van der Waals surface area contributed by atoms with Gasteiger partial charge in [0.25, 0.3) is 0 Å². The number of nitrogens with one attached hydrogen (secondary N) is 2. The summed E-state index contributed by atoms with van der Waals surface area (Å²) in [6.45, 7) is 7.39. The molecule has 0 saturated carbocycles. The van der Waals surface area contributed by atoms with Gasteiger partial charge in [0, 0.05) is 12.2 Å². The van der Waals surface area contributed by atoms with Crippen molar-refractivity contribution in [2.75, 3.05) is 18.5 Å². The molecular weight excluding hydrogens is 468 g/mol.